The van der Waals surface area contributed by atoms with Crippen molar-refractivity contribution >= 4 is 34.5 Å². The highest BCUT2D eigenvalue weighted by molar-refractivity contribution is 6.34. The monoisotopic (exact) mass is 471 g/mol. The molecule has 0 saturated carbocycles. The number of hydrogen-bond acceptors (Lipinski definition) is 7. The van der Waals surface area contributed by atoms with E-state index in [0.717, 1.165) is 11.6 Å². The molecule has 0 spiro atoms. The molecule has 5 rings (SSSR count). The van der Waals surface area contributed by atoms with E-state index in [0.29, 0.717) is 28.5 Å². The second-order valence-electron chi connectivity index (χ2n) is 7.18. The summed E-state index contributed by atoms with van der Waals surface area (Å²) >= 11 is 6.08. The number of anilines is 1. The van der Waals surface area contributed by atoms with Crippen LogP contribution in [0.4, 0.5) is 11.4 Å². The number of halogens is 1. The Morgan fingerprint density at radius 1 is 0.971 bits per heavy atom. The molecule has 0 unspecified atom stereocenters. The van der Waals surface area contributed by atoms with Crippen molar-refractivity contribution in [3.05, 3.63) is 99.7 Å². The predicted octanol–water partition coefficient (Wildman–Crippen LogP) is 4.67. The van der Waals surface area contributed by atoms with Gasteiger partial charge in [-0.15, -0.1) is 10.2 Å². The van der Waals surface area contributed by atoms with Crippen LogP contribution in [0.25, 0.3) is 28.4 Å². The van der Waals surface area contributed by atoms with Gasteiger partial charge in [-0.1, -0.05) is 29.8 Å². The number of carbonyl (C=O) groups excluding carboxylic acids is 1. The first-order chi connectivity index (χ1) is 16.5. The molecule has 11 heteroatoms. The van der Waals surface area contributed by atoms with E-state index in [9.17, 15) is 14.9 Å². The van der Waals surface area contributed by atoms with Gasteiger partial charge >= 0.3 is 0 Å². The van der Waals surface area contributed by atoms with E-state index in [1.54, 1.807) is 41.0 Å². The Balaban J connectivity index is 1.44. The second kappa shape index (κ2) is 8.68. The molecule has 1 amide bonds. The lowest BCUT2D eigenvalue weighted by molar-refractivity contribution is -0.384. The maximum Gasteiger partial charge on any atom is 0.270 e. The molecule has 3 heterocycles. The average molecular weight is 472 g/mol. The molecule has 5 aromatic rings. The summed E-state index contributed by atoms with van der Waals surface area (Å²) in [6, 6.07) is 19.9. The van der Waals surface area contributed by atoms with Gasteiger partial charge < -0.3 is 5.32 Å². The molecule has 166 valence electrons. The lowest BCUT2D eigenvalue weighted by atomic mass is 10.1. The van der Waals surface area contributed by atoms with Crippen molar-refractivity contribution in [1.29, 1.82) is 0 Å². The number of pyridine rings is 1. The van der Waals surface area contributed by atoms with Gasteiger partial charge in [0.2, 0.25) is 5.82 Å². The molecule has 0 atom stereocenters. The van der Waals surface area contributed by atoms with E-state index in [-0.39, 0.29) is 16.3 Å². The standard InChI is InChI=1S/C23H14ClN7O3/c24-18-13-16(31(33)34)7-8-17(18)23(32)26-15-5-3-4-14(12-15)19-9-10-21-27-28-22(30(21)29-19)20-6-1-2-11-25-20/h1-13H,(H,26,32). The first-order valence-corrected chi connectivity index (χ1v) is 10.4. The molecule has 0 bridgehead atoms. The van der Waals surface area contributed by atoms with Gasteiger partial charge in [0.1, 0.15) is 5.69 Å². The van der Waals surface area contributed by atoms with Crippen LogP contribution in [0.1, 0.15) is 10.4 Å². The van der Waals surface area contributed by atoms with Crippen molar-refractivity contribution in [1.82, 2.24) is 24.8 Å². The minimum Gasteiger partial charge on any atom is -0.322 e. The Bertz CT molecular complexity index is 1550. The van der Waals surface area contributed by atoms with Gasteiger partial charge in [0, 0.05) is 29.6 Å². The third-order valence-electron chi connectivity index (χ3n) is 4.98. The Hall–Kier alpha value is -4.70. The number of nitrogens with one attached hydrogen (secondary N) is 1. The van der Waals surface area contributed by atoms with Crippen molar-refractivity contribution in [2.24, 2.45) is 0 Å². The number of fused-ring (bicyclic) bond motifs is 1. The number of nitrogens with zero attached hydrogens (tertiary/aromatic N) is 6. The predicted molar refractivity (Wildman–Crippen MR) is 126 cm³/mol. The minimum atomic E-state index is -0.573. The molecule has 2 aromatic carbocycles. The van der Waals surface area contributed by atoms with Crippen molar-refractivity contribution < 1.29 is 9.72 Å². The van der Waals surface area contributed by atoms with Gasteiger partial charge in [0.15, 0.2) is 5.65 Å². The molecule has 0 aliphatic rings. The summed E-state index contributed by atoms with van der Waals surface area (Å²) in [7, 11) is 0. The summed E-state index contributed by atoms with van der Waals surface area (Å²) in [6.45, 7) is 0. The highest BCUT2D eigenvalue weighted by atomic mass is 35.5. The quantitative estimate of drug-likeness (QED) is 0.291. The number of nitro groups is 1. The molecule has 0 saturated heterocycles. The lowest BCUT2D eigenvalue weighted by Crippen LogP contribution is -2.12. The van der Waals surface area contributed by atoms with Gasteiger partial charge in [0.25, 0.3) is 11.6 Å². The van der Waals surface area contributed by atoms with Crippen LogP contribution in [0.3, 0.4) is 0 Å². The van der Waals surface area contributed by atoms with E-state index >= 15 is 0 Å². The summed E-state index contributed by atoms with van der Waals surface area (Å²) in [5.74, 6) is 0.0198. The molecular weight excluding hydrogens is 458 g/mol. The number of benzene rings is 2. The van der Waals surface area contributed by atoms with Crippen LogP contribution >= 0.6 is 11.6 Å². The molecule has 34 heavy (non-hydrogen) atoms. The number of carbonyl (C=O) groups is 1. The second-order valence-corrected chi connectivity index (χ2v) is 7.59. The minimum absolute atomic E-state index is 0.00960. The molecule has 0 fully saturated rings. The lowest BCUT2D eigenvalue weighted by Gasteiger charge is -2.09. The van der Waals surface area contributed by atoms with Gasteiger partial charge in [-0.3, -0.25) is 19.9 Å². The normalized spacial score (nSPS) is 10.9. The third kappa shape index (κ3) is 4.05. The van der Waals surface area contributed by atoms with E-state index < -0.39 is 10.8 Å². The summed E-state index contributed by atoms with van der Waals surface area (Å²) in [4.78, 5) is 27.3. The highest BCUT2D eigenvalue weighted by Crippen LogP contribution is 2.26. The first-order valence-electron chi connectivity index (χ1n) is 9.99. The largest absolute Gasteiger partial charge is 0.322 e. The van der Waals surface area contributed by atoms with Crippen LogP contribution in [0.2, 0.25) is 5.02 Å². The maximum atomic E-state index is 12.7. The fraction of sp³-hybridized carbons (Fsp3) is 0. The van der Waals surface area contributed by atoms with Crippen molar-refractivity contribution in [3.8, 4) is 22.8 Å². The van der Waals surface area contributed by atoms with Crippen LogP contribution in [-0.2, 0) is 0 Å². The number of aromatic nitrogens is 5. The molecule has 0 aliphatic carbocycles. The Kier molecular flexibility index (Phi) is 5.40. The Morgan fingerprint density at radius 3 is 2.62 bits per heavy atom. The number of hydrogen-bond donors (Lipinski definition) is 1. The van der Waals surface area contributed by atoms with Crippen molar-refractivity contribution in [3.63, 3.8) is 0 Å². The van der Waals surface area contributed by atoms with Crippen LogP contribution in [-0.4, -0.2) is 35.6 Å². The first kappa shape index (κ1) is 21.2. The fourth-order valence-corrected chi connectivity index (χ4v) is 3.61. The van der Waals surface area contributed by atoms with E-state index in [2.05, 4.69) is 25.6 Å². The smallest absolute Gasteiger partial charge is 0.270 e. The van der Waals surface area contributed by atoms with E-state index in [4.69, 9.17) is 11.6 Å². The SMILES string of the molecule is O=C(Nc1cccc(-c2ccc3nnc(-c4ccccn4)n3n2)c1)c1ccc([N+](=O)[O-])cc1Cl. The topological polar surface area (TPSA) is 128 Å². The van der Waals surface area contributed by atoms with Gasteiger partial charge in [0.05, 0.1) is 21.2 Å². The molecule has 10 nitrogen and oxygen atoms in total. The average Bonchev–Trinajstić information content (AvgIpc) is 3.28. The number of amides is 1. The molecular formula is C23H14ClN7O3. The van der Waals surface area contributed by atoms with Crippen LogP contribution < -0.4 is 5.32 Å². The molecule has 3 aromatic heterocycles. The maximum absolute atomic E-state index is 12.7. The van der Waals surface area contributed by atoms with Crippen LogP contribution in [0.5, 0.6) is 0 Å². The summed E-state index contributed by atoms with van der Waals surface area (Å²) < 4.78 is 1.61. The summed E-state index contributed by atoms with van der Waals surface area (Å²) in [5, 5.41) is 26.6. The zero-order valence-corrected chi connectivity index (χ0v) is 18.0. The number of nitro benzene ring substituents is 1. The summed E-state index contributed by atoms with van der Waals surface area (Å²) in [6.07, 6.45) is 1.67. The number of rotatable bonds is 5. The van der Waals surface area contributed by atoms with Gasteiger partial charge in [-0.2, -0.15) is 9.61 Å². The van der Waals surface area contributed by atoms with Crippen LogP contribution in [0.15, 0.2) is 79.0 Å². The van der Waals surface area contributed by atoms with Crippen LogP contribution in [0, 0.1) is 10.1 Å². The zero-order valence-electron chi connectivity index (χ0n) is 17.3. The van der Waals surface area contributed by atoms with Crippen molar-refractivity contribution in [2.75, 3.05) is 5.32 Å². The molecule has 1 N–H and O–H groups in total. The van der Waals surface area contributed by atoms with Crippen molar-refractivity contribution in [2.45, 2.75) is 0 Å². The van der Waals surface area contributed by atoms with Gasteiger partial charge in [-0.25, -0.2) is 0 Å². The number of non-ortho nitro benzene ring substituents is 1. The highest BCUT2D eigenvalue weighted by Gasteiger charge is 2.16. The van der Waals surface area contributed by atoms with E-state index in [1.807, 2.05) is 24.3 Å². The zero-order chi connectivity index (χ0) is 23.7. The molecule has 0 aliphatic heterocycles. The van der Waals surface area contributed by atoms with E-state index in [1.165, 1.54) is 12.1 Å². The Morgan fingerprint density at radius 2 is 1.85 bits per heavy atom. The Labute approximate surface area is 197 Å². The summed E-state index contributed by atoms with van der Waals surface area (Å²) in [5.41, 5.74) is 3.03. The molecule has 0 radical (unpaired) electrons. The fourth-order valence-electron chi connectivity index (χ4n) is 3.35. The van der Waals surface area contributed by atoms with Gasteiger partial charge in [-0.05, 0) is 42.5 Å². The third-order valence-corrected chi connectivity index (χ3v) is 5.29.